The van der Waals surface area contributed by atoms with Gasteiger partial charge in [-0.2, -0.15) is 0 Å². The lowest BCUT2D eigenvalue weighted by atomic mass is 10.1. The van der Waals surface area contributed by atoms with E-state index in [-0.39, 0.29) is 37.0 Å². The monoisotopic (exact) mass is 443 g/mol. The van der Waals surface area contributed by atoms with Crippen LogP contribution in [0.15, 0.2) is 6.20 Å². The van der Waals surface area contributed by atoms with Crippen molar-refractivity contribution in [3.63, 3.8) is 0 Å². The molecule has 0 amide bonds. The fraction of sp³-hybridized carbons (Fsp3) is 0.636. The molecule has 0 radical (unpaired) electrons. The predicted molar refractivity (Wildman–Crippen MR) is 116 cm³/mol. The van der Waals surface area contributed by atoms with Crippen molar-refractivity contribution in [1.29, 1.82) is 0 Å². The summed E-state index contributed by atoms with van der Waals surface area (Å²) >= 11 is 0. The van der Waals surface area contributed by atoms with E-state index in [9.17, 15) is 19.5 Å². The van der Waals surface area contributed by atoms with Crippen molar-refractivity contribution in [1.82, 2.24) is 4.98 Å². The number of esters is 2. The van der Waals surface area contributed by atoms with Gasteiger partial charge in [-0.3, -0.25) is 4.79 Å². The summed E-state index contributed by atoms with van der Waals surface area (Å²) in [6.07, 6.45) is 3.87. The quantitative estimate of drug-likeness (QED) is 0.322. The second-order valence-corrected chi connectivity index (χ2v) is 5.82. The third kappa shape index (κ3) is 12.7. The summed E-state index contributed by atoms with van der Waals surface area (Å²) in [7, 11) is 0. The molecule has 1 aromatic rings. The molecule has 9 nitrogen and oxygen atoms in total. The molecule has 1 rings (SSSR count). The van der Waals surface area contributed by atoms with Gasteiger partial charge in [0.05, 0.1) is 18.8 Å². The van der Waals surface area contributed by atoms with Crippen molar-refractivity contribution in [3.05, 3.63) is 23.0 Å². The van der Waals surface area contributed by atoms with E-state index in [2.05, 4.69) is 18.8 Å². The van der Waals surface area contributed by atoms with Gasteiger partial charge in [-0.15, -0.1) is 0 Å². The highest BCUT2D eigenvalue weighted by atomic mass is 16.7. The predicted octanol–water partition coefficient (Wildman–Crippen LogP) is 4.16. The number of nitrogens with zero attached hydrogens (tertiary/aromatic N) is 1. The molecule has 0 fully saturated rings. The molecular formula is C22H37NO8. The van der Waals surface area contributed by atoms with Crippen LogP contribution in [0.1, 0.15) is 92.5 Å². The maximum Gasteiger partial charge on any atom is 0.342 e. The molecule has 1 aromatic heterocycles. The average Bonchev–Trinajstić information content (AvgIpc) is 2.74. The zero-order chi connectivity index (χ0) is 24.2. The lowest BCUT2D eigenvalue weighted by molar-refractivity contribution is -0.123. The molecule has 0 saturated carbocycles. The number of aromatic nitrogens is 1. The molecule has 1 heterocycles. The van der Waals surface area contributed by atoms with E-state index in [1.807, 2.05) is 20.8 Å². The number of aldehydes is 1. The number of ether oxygens (including phenoxy) is 4. The summed E-state index contributed by atoms with van der Waals surface area (Å²) in [4.78, 5) is 37.6. The van der Waals surface area contributed by atoms with Crippen LogP contribution in [0, 0.1) is 0 Å². The van der Waals surface area contributed by atoms with Crippen molar-refractivity contribution in [3.8, 4) is 5.75 Å². The summed E-state index contributed by atoms with van der Waals surface area (Å²) < 4.78 is 19.6. The third-order valence-corrected chi connectivity index (χ3v) is 3.47. The number of hydrogen-bond donors (Lipinski definition) is 1. The third-order valence-electron chi connectivity index (χ3n) is 3.47. The Balaban J connectivity index is 0. The van der Waals surface area contributed by atoms with Crippen LogP contribution in [0.25, 0.3) is 0 Å². The molecule has 0 aliphatic carbocycles. The molecule has 0 atom stereocenters. The first-order chi connectivity index (χ1) is 14.8. The number of rotatable bonds is 10. The van der Waals surface area contributed by atoms with Crippen LogP contribution in [0.3, 0.4) is 0 Å². The Kier molecular flexibility index (Phi) is 19.2. The minimum absolute atomic E-state index is 0.0370. The highest BCUT2D eigenvalue weighted by molar-refractivity contribution is 6.06. The van der Waals surface area contributed by atoms with Gasteiger partial charge in [0.1, 0.15) is 11.3 Å². The molecule has 0 unspecified atom stereocenters. The van der Waals surface area contributed by atoms with Crippen molar-refractivity contribution >= 4 is 18.2 Å². The highest BCUT2D eigenvalue weighted by Gasteiger charge is 2.26. The maximum atomic E-state index is 11.7. The molecule has 9 heteroatoms. The number of unbranched alkanes of at least 4 members (excludes halogenated alkanes) is 1. The summed E-state index contributed by atoms with van der Waals surface area (Å²) in [6.45, 7) is 14.9. The molecular weight excluding hydrogens is 406 g/mol. The number of pyridine rings is 1. The van der Waals surface area contributed by atoms with E-state index in [0.717, 1.165) is 19.4 Å². The number of aromatic hydroxyl groups is 1. The smallest absolute Gasteiger partial charge is 0.342 e. The van der Waals surface area contributed by atoms with Crippen molar-refractivity contribution < 1.29 is 38.4 Å². The lowest BCUT2D eigenvalue weighted by Gasteiger charge is -2.10. The van der Waals surface area contributed by atoms with Gasteiger partial charge in [-0.1, -0.05) is 26.7 Å². The Morgan fingerprint density at radius 2 is 1.42 bits per heavy atom. The van der Waals surface area contributed by atoms with E-state index >= 15 is 0 Å². The maximum absolute atomic E-state index is 11.7. The van der Waals surface area contributed by atoms with Crippen LogP contribution < -0.4 is 0 Å². The van der Waals surface area contributed by atoms with E-state index in [0.29, 0.717) is 0 Å². The van der Waals surface area contributed by atoms with Gasteiger partial charge < -0.3 is 24.1 Å². The topological polar surface area (TPSA) is 121 Å². The largest absolute Gasteiger partial charge is 0.505 e. The molecule has 0 spiro atoms. The van der Waals surface area contributed by atoms with E-state index < -0.39 is 23.3 Å². The normalized spacial score (nSPS) is 9.68. The van der Waals surface area contributed by atoms with Crippen LogP contribution in [0.5, 0.6) is 5.75 Å². The van der Waals surface area contributed by atoms with Crippen LogP contribution in [-0.4, -0.2) is 61.0 Å². The van der Waals surface area contributed by atoms with Crippen molar-refractivity contribution in [2.24, 2.45) is 0 Å². The summed E-state index contributed by atoms with van der Waals surface area (Å²) in [5.74, 6) is -2.45. The van der Waals surface area contributed by atoms with Crippen molar-refractivity contribution in [2.45, 2.75) is 67.6 Å². The average molecular weight is 444 g/mol. The van der Waals surface area contributed by atoms with Gasteiger partial charge in [-0.25, -0.2) is 14.6 Å². The standard InChI is InChI=1S/C12H13NO6.C6H14O2.C4H10/c1-3-18-11(16)7-5-13-8(6-14)10(15)9(7)12(17)19-4-2;1-4-7-6(3)8-5-2;1-3-4-2/h5-6,15H,3-4H2,1-2H3;6H,4-5H2,1-3H3;3-4H2,1-2H3. The molecule has 0 aromatic carbocycles. The van der Waals surface area contributed by atoms with Gasteiger partial charge in [0.25, 0.3) is 0 Å². The van der Waals surface area contributed by atoms with E-state index in [1.165, 1.54) is 12.8 Å². The molecule has 0 bridgehead atoms. The lowest BCUT2D eigenvalue weighted by Crippen LogP contribution is -2.16. The SMILES string of the molecule is CCCC.CCOC(=O)c1cnc(C=O)c(O)c1C(=O)OCC.CCOC(C)OCC. The van der Waals surface area contributed by atoms with Crippen molar-refractivity contribution in [2.75, 3.05) is 26.4 Å². The molecule has 0 aliphatic heterocycles. The summed E-state index contributed by atoms with van der Waals surface area (Å²) in [5.41, 5.74) is -1.02. The Hall–Kier alpha value is -2.52. The highest BCUT2D eigenvalue weighted by Crippen LogP contribution is 2.25. The summed E-state index contributed by atoms with van der Waals surface area (Å²) in [5, 5.41) is 9.78. The van der Waals surface area contributed by atoms with Crippen LogP contribution in [0.4, 0.5) is 0 Å². The molecule has 0 saturated heterocycles. The first-order valence-electron chi connectivity index (χ1n) is 10.5. The fourth-order valence-electron chi connectivity index (χ4n) is 1.89. The zero-order valence-electron chi connectivity index (χ0n) is 19.7. The van der Waals surface area contributed by atoms with E-state index in [4.69, 9.17) is 18.9 Å². The van der Waals surface area contributed by atoms with Crippen LogP contribution >= 0.6 is 0 Å². The van der Waals surface area contributed by atoms with Gasteiger partial charge in [0, 0.05) is 19.4 Å². The summed E-state index contributed by atoms with van der Waals surface area (Å²) in [6, 6.07) is 0. The molecule has 1 N–H and O–H groups in total. The van der Waals surface area contributed by atoms with E-state index in [1.54, 1.807) is 13.8 Å². The number of hydrogen-bond acceptors (Lipinski definition) is 9. The van der Waals surface area contributed by atoms with Gasteiger partial charge in [-0.05, 0) is 34.6 Å². The van der Waals surface area contributed by atoms with Gasteiger partial charge in [0.15, 0.2) is 18.3 Å². The Morgan fingerprint density at radius 3 is 1.81 bits per heavy atom. The Labute approximate surface area is 185 Å². The fourth-order valence-corrected chi connectivity index (χ4v) is 1.89. The number of carbonyl (C=O) groups excluding carboxylic acids is 3. The Morgan fingerprint density at radius 1 is 0.935 bits per heavy atom. The van der Waals surface area contributed by atoms with Gasteiger partial charge >= 0.3 is 11.9 Å². The minimum atomic E-state index is -0.923. The van der Waals surface area contributed by atoms with Gasteiger partial charge in [0.2, 0.25) is 0 Å². The first-order valence-corrected chi connectivity index (χ1v) is 10.5. The first kappa shape index (κ1) is 30.7. The molecule has 0 aliphatic rings. The van der Waals surface area contributed by atoms with Crippen LogP contribution in [0.2, 0.25) is 0 Å². The Bertz CT molecular complexity index is 641. The second-order valence-electron chi connectivity index (χ2n) is 5.82. The molecule has 31 heavy (non-hydrogen) atoms. The zero-order valence-corrected chi connectivity index (χ0v) is 19.7. The number of carbonyl (C=O) groups is 3. The molecule has 178 valence electrons. The van der Waals surface area contributed by atoms with Crippen LogP contribution in [-0.2, 0) is 18.9 Å². The second kappa shape index (κ2) is 19.4. The minimum Gasteiger partial charge on any atom is -0.505 e.